The maximum Gasteiger partial charge on any atom is 0.181 e. The topological polar surface area (TPSA) is 58.3 Å². The quantitative estimate of drug-likeness (QED) is 0.859. The highest BCUT2D eigenvalue weighted by Crippen LogP contribution is 2.33. The monoisotopic (exact) mass is 299 g/mol. The van der Waals surface area contributed by atoms with Crippen molar-refractivity contribution in [1.29, 1.82) is 0 Å². The summed E-state index contributed by atoms with van der Waals surface area (Å²) < 4.78 is 5.29. The van der Waals surface area contributed by atoms with Crippen LogP contribution in [0.15, 0.2) is 23.2 Å². The summed E-state index contributed by atoms with van der Waals surface area (Å²) in [5, 5.41) is 0. The molecule has 4 rings (SSSR count). The normalized spacial score (nSPS) is 24.9. The van der Waals surface area contributed by atoms with Gasteiger partial charge in [-0.2, -0.15) is 0 Å². The molecule has 0 amide bonds. The second-order valence-electron chi connectivity index (χ2n) is 6.49. The van der Waals surface area contributed by atoms with Gasteiger partial charge in [-0.25, -0.2) is 15.0 Å². The van der Waals surface area contributed by atoms with Gasteiger partial charge in [0.1, 0.15) is 17.9 Å². The third-order valence-electron chi connectivity index (χ3n) is 4.89. The predicted octanol–water partition coefficient (Wildman–Crippen LogP) is 1.65. The minimum atomic E-state index is 0.725. The standard InChI is InChI=1S/C16H21N5O/c1-11-3-16(18-9-17-11)21-6-13-4-20(5-14(13)7-21)8-15-12(2)22-10-19-15/h3,9-10,13-14H,4-8H2,1-2H3. The average molecular weight is 299 g/mol. The molecule has 116 valence electrons. The van der Waals surface area contributed by atoms with E-state index < -0.39 is 0 Å². The molecule has 6 nitrogen and oxygen atoms in total. The molecule has 0 aromatic carbocycles. The van der Waals surface area contributed by atoms with E-state index in [0.29, 0.717) is 0 Å². The summed E-state index contributed by atoms with van der Waals surface area (Å²) in [5.74, 6) is 3.46. The van der Waals surface area contributed by atoms with E-state index in [0.717, 1.165) is 67.5 Å². The van der Waals surface area contributed by atoms with Crippen molar-refractivity contribution in [3.05, 3.63) is 35.9 Å². The number of aryl methyl sites for hydroxylation is 2. The lowest BCUT2D eigenvalue weighted by atomic mass is 10.0. The van der Waals surface area contributed by atoms with Crippen LogP contribution < -0.4 is 4.90 Å². The SMILES string of the molecule is Cc1cc(N2CC3CN(Cc4ncoc4C)CC3C2)ncn1. The Morgan fingerprint density at radius 2 is 1.86 bits per heavy atom. The number of hydrogen-bond donors (Lipinski definition) is 0. The summed E-state index contributed by atoms with van der Waals surface area (Å²) in [7, 11) is 0. The van der Waals surface area contributed by atoms with Crippen LogP contribution in [0.25, 0.3) is 0 Å². The molecule has 0 N–H and O–H groups in total. The van der Waals surface area contributed by atoms with Gasteiger partial charge in [0.05, 0.1) is 5.69 Å². The highest BCUT2D eigenvalue weighted by Gasteiger charge is 2.40. The molecule has 6 heteroatoms. The molecule has 2 fully saturated rings. The molecule has 0 aliphatic carbocycles. The molecule has 2 atom stereocenters. The van der Waals surface area contributed by atoms with E-state index in [9.17, 15) is 0 Å². The zero-order valence-corrected chi connectivity index (χ0v) is 13.1. The Hall–Kier alpha value is -1.95. The maximum absolute atomic E-state index is 5.29. The molecule has 0 bridgehead atoms. The van der Waals surface area contributed by atoms with E-state index in [1.807, 2.05) is 13.8 Å². The summed E-state index contributed by atoms with van der Waals surface area (Å²) in [4.78, 5) is 17.8. The van der Waals surface area contributed by atoms with Gasteiger partial charge in [0.25, 0.3) is 0 Å². The van der Waals surface area contributed by atoms with Gasteiger partial charge >= 0.3 is 0 Å². The lowest BCUT2D eigenvalue weighted by Gasteiger charge is -2.21. The molecule has 2 aliphatic rings. The maximum atomic E-state index is 5.29. The Morgan fingerprint density at radius 3 is 2.50 bits per heavy atom. The van der Waals surface area contributed by atoms with E-state index in [1.54, 1.807) is 12.7 Å². The number of fused-ring (bicyclic) bond motifs is 1. The lowest BCUT2D eigenvalue weighted by molar-refractivity contribution is 0.303. The van der Waals surface area contributed by atoms with Gasteiger partial charge in [-0.15, -0.1) is 0 Å². The van der Waals surface area contributed by atoms with E-state index in [4.69, 9.17) is 4.42 Å². The second kappa shape index (κ2) is 5.35. The summed E-state index contributed by atoms with van der Waals surface area (Å²) >= 11 is 0. The van der Waals surface area contributed by atoms with Crippen LogP contribution in [0.5, 0.6) is 0 Å². The Labute approximate surface area is 130 Å². The first kappa shape index (κ1) is 13.7. The van der Waals surface area contributed by atoms with Crippen LogP contribution in [-0.4, -0.2) is 46.0 Å². The zero-order valence-electron chi connectivity index (χ0n) is 13.1. The first-order valence-corrected chi connectivity index (χ1v) is 7.84. The van der Waals surface area contributed by atoms with Crippen LogP contribution in [0, 0.1) is 25.7 Å². The molecule has 2 saturated heterocycles. The molecule has 4 heterocycles. The Kier molecular flexibility index (Phi) is 3.33. The van der Waals surface area contributed by atoms with Gasteiger partial charge in [0.2, 0.25) is 0 Å². The number of aromatic nitrogens is 3. The van der Waals surface area contributed by atoms with Crippen molar-refractivity contribution >= 4 is 5.82 Å². The number of rotatable bonds is 3. The molecule has 22 heavy (non-hydrogen) atoms. The lowest BCUT2D eigenvalue weighted by Crippen LogP contribution is -2.29. The van der Waals surface area contributed by atoms with E-state index in [-0.39, 0.29) is 0 Å². The Balaban J connectivity index is 1.39. The van der Waals surface area contributed by atoms with Crippen molar-refractivity contribution in [2.24, 2.45) is 11.8 Å². The van der Waals surface area contributed by atoms with Crippen molar-refractivity contribution in [2.75, 3.05) is 31.1 Å². The van der Waals surface area contributed by atoms with Gasteiger partial charge in [0, 0.05) is 44.5 Å². The first-order valence-electron chi connectivity index (χ1n) is 7.84. The van der Waals surface area contributed by atoms with Gasteiger partial charge in [-0.1, -0.05) is 0 Å². The van der Waals surface area contributed by atoms with Crippen LogP contribution in [0.1, 0.15) is 17.1 Å². The third kappa shape index (κ3) is 2.47. The zero-order chi connectivity index (χ0) is 15.1. The average Bonchev–Trinajstić information content (AvgIpc) is 3.15. The highest BCUT2D eigenvalue weighted by atomic mass is 16.3. The molecular formula is C16H21N5O. The Bertz CT molecular complexity index is 656. The van der Waals surface area contributed by atoms with Crippen LogP contribution >= 0.6 is 0 Å². The Morgan fingerprint density at radius 1 is 1.09 bits per heavy atom. The third-order valence-corrected chi connectivity index (χ3v) is 4.89. The molecule has 2 unspecified atom stereocenters. The molecule has 0 saturated carbocycles. The summed E-state index contributed by atoms with van der Waals surface area (Å²) in [6.07, 6.45) is 3.21. The van der Waals surface area contributed by atoms with Crippen molar-refractivity contribution in [3.63, 3.8) is 0 Å². The fourth-order valence-corrected chi connectivity index (χ4v) is 3.71. The molecule has 2 aliphatic heterocycles. The van der Waals surface area contributed by atoms with Gasteiger partial charge in [-0.05, 0) is 25.7 Å². The van der Waals surface area contributed by atoms with Gasteiger partial charge in [-0.3, -0.25) is 4.90 Å². The summed E-state index contributed by atoms with van der Waals surface area (Å²) in [6, 6.07) is 2.08. The predicted molar refractivity (Wildman–Crippen MR) is 82.5 cm³/mol. The number of oxazole rings is 1. The number of nitrogens with zero attached hydrogens (tertiary/aromatic N) is 5. The van der Waals surface area contributed by atoms with Crippen LogP contribution in [-0.2, 0) is 6.54 Å². The minimum Gasteiger partial charge on any atom is -0.448 e. The van der Waals surface area contributed by atoms with Gasteiger partial charge < -0.3 is 9.32 Å². The fourth-order valence-electron chi connectivity index (χ4n) is 3.71. The largest absolute Gasteiger partial charge is 0.448 e. The fraction of sp³-hybridized carbons (Fsp3) is 0.562. The van der Waals surface area contributed by atoms with Crippen molar-refractivity contribution < 1.29 is 4.42 Å². The smallest absolute Gasteiger partial charge is 0.181 e. The first-order chi connectivity index (χ1) is 10.7. The van der Waals surface area contributed by atoms with Crippen molar-refractivity contribution in [1.82, 2.24) is 19.9 Å². The minimum absolute atomic E-state index is 0.725. The molecule has 2 aromatic heterocycles. The van der Waals surface area contributed by atoms with E-state index in [2.05, 4.69) is 30.8 Å². The number of hydrogen-bond acceptors (Lipinski definition) is 6. The highest BCUT2D eigenvalue weighted by molar-refractivity contribution is 5.40. The second-order valence-corrected chi connectivity index (χ2v) is 6.49. The van der Waals surface area contributed by atoms with Crippen LogP contribution in [0.3, 0.4) is 0 Å². The molecule has 2 aromatic rings. The summed E-state index contributed by atoms with van der Waals surface area (Å²) in [5.41, 5.74) is 2.11. The van der Waals surface area contributed by atoms with E-state index in [1.165, 1.54) is 0 Å². The number of anilines is 1. The van der Waals surface area contributed by atoms with Crippen molar-refractivity contribution in [3.8, 4) is 0 Å². The van der Waals surface area contributed by atoms with E-state index >= 15 is 0 Å². The molecular weight excluding hydrogens is 278 g/mol. The van der Waals surface area contributed by atoms with Crippen molar-refractivity contribution in [2.45, 2.75) is 20.4 Å². The molecule has 0 radical (unpaired) electrons. The number of likely N-dealkylation sites (tertiary alicyclic amines) is 1. The molecule has 0 spiro atoms. The van der Waals surface area contributed by atoms with Gasteiger partial charge in [0.15, 0.2) is 6.39 Å². The van der Waals surface area contributed by atoms with Crippen LogP contribution in [0.2, 0.25) is 0 Å². The summed E-state index contributed by atoms with van der Waals surface area (Å²) in [6.45, 7) is 9.37. The van der Waals surface area contributed by atoms with Crippen LogP contribution in [0.4, 0.5) is 5.82 Å².